The summed E-state index contributed by atoms with van der Waals surface area (Å²) in [5.74, 6) is -3.31. The molecule has 1 saturated heterocycles. The molecule has 3 N–H and O–H groups in total. The lowest BCUT2D eigenvalue weighted by Crippen LogP contribution is -2.54. The summed E-state index contributed by atoms with van der Waals surface area (Å²) >= 11 is 12.7. The molecule has 194 valence electrons. The molecule has 8 nitrogen and oxygen atoms in total. The molecule has 3 amide bonds. The molecule has 4 rings (SSSR count). The Morgan fingerprint density at radius 2 is 1.95 bits per heavy atom. The number of aromatic nitrogens is 2. The molecule has 0 saturated carbocycles. The average molecular weight is 550 g/mol. The van der Waals surface area contributed by atoms with Crippen LogP contribution < -0.4 is 16.0 Å². The number of nitrogens with one attached hydrogen (secondary N) is 3. The summed E-state index contributed by atoms with van der Waals surface area (Å²) in [5.41, 5.74) is 1.99. The van der Waals surface area contributed by atoms with Crippen molar-refractivity contribution in [2.24, 2.45) is 7.05 Å². The van der Waals surface area contributed by atoms with Crippen LogP contribution in [0.15, 0.2) is 42.6 Å². The smallest absolute Gasteiger partial charge is 0.251 e. The predicted molar refractivity (Wildman–Crippen MR) is 134 cm³/mol. The second-order valence-electron chi connectivity index (χ2n) is 8.75. The van der Waals surface area contributed by atoms with Crippen LogP contribution in [0.25, 0.3) is 11.3 Å². The van der Waals surface area contributed by atoms with Crippen molar-refractivity contribution in [3.63, 3.8) is 0 Å². The molecule has 2 aromatic carbocycles. The SMILES string of the molecule is Cn1ncc(Cl)c1-c1ccc(C(=O)N[C@@H]2CNC(CC(=O)NC=O)C[C@H]2c2ccc(F)c(F)c2)cc1Cl. The van der Waals surface area contributed by atoms with E-state index >= 15 is 0 Å². The van der Waals surface area contributed by atoms with Gasteiger partial charge in [0.1, 0.15) is 0 Å². The van der Waals surface area contributed by atoms with Crippen molar-refractivity contribution in [2.75, 3.05) is 6.54 Å². The maximum Gasteiger partial charge on any atom is 0.251 e. The molecule has 37 heavy (non-hydrogen) atoms. The van der Waals surface area contributed by atoms with Gasteiger partial charge in [-0.3, -0.25) is 24.4 Å². The van der Waals surface area contributed by atoms with E-state index in [0.29, 0.717) is 45.3 Å². The van der Waals surface area contributed by atoms with Gasteiger partial charge in [-0.05, 0) is 36.2 Å². The van der Waals surface area contributed by atoms with Crippen molar-refractivity contribution in [3.8, 4) is 11.3 Å². The Bertz CT molecular complexity index is 1330. The fourth-order valence-corrected chi connectivity index (χ4v) is 5.11. The number of benzene rings is 2. The van der Waals surface area contributed by atoms with Crippen molar-refractivity contribution in [3.05, 3.63) is 75.4 Å². The maximum absolute atomic E-state index is 14.0. The Hall–Kier alpha value is -3.34. The highest BCUT2D eigenvalue weighted by Gasteiger charge is 2.34. The van der Waals surface area contributed by atoms with E-state index < -0.39 is 35.4 Å². The molecule has 0 radical (unpaired) electrons. The van der Waals surface area contributed by atoms with Crippen LogP contribution in [-0.2, 0) is 16.6 Å². The monoisotopic (exact) mass is 549 g/mol. The third-order valence-electron chi connectivity index (χ3n) is 6.37. The Morgan fingerprint density at radius 1 is 1.16 bits per heavy atom. The van der Waals surface area contributed by atoms with Crippen LogP contribution >= 0.6 is 23.2 Å². The van der Waals surface area contributed by atoms with Gasteiger partial charge in [0.05, 0.1) is 21.9 Å². The first-order valence-corrected chi connectivity index (χ1v) is 12.1. The number of imide groups is 1. The van der Waals surface area contributed by atoms with E-state index in [2.05, 4.69) is 21.0 Å². The van der Waals surface area contributed by atoms with E-state index in [1.54, 1.807) is 23.9 Å². The Labute approximate surface area is 221 Å². The fraction of sp³-hybridized carbons (Fsp3) is 0.280. The minimum Gasteiger partial charge on any atom is -0.347 e. The van der Waals surface area contributed by atoms with Crippen LogP contribution in [-0.4, -0.2) is 46.6 Å². The highest BCUT2D eigenvalue weighted by molar-refractivity contribution is 6.36. The van der Waals surface area contributed by atoms with Gasteiger partial charge in [-0.15, -0.1) is 0 Å². The summed E-state index contributed by atoms with van der Waals surface area (Å²) in [4.78, 5) is 35.6. The molecule has 1 aliphatic heterocycles. The molecular weight excluding hydrogens is 527 g/mol. The summed E-state index contributed by atoms with van der Waals surface area (Å²) in [7, 11) is 1.72. The minimum absolute atomic E-state index is 0.00717. The summed E-state index contributed by atoms with van der Waals surface area (Å²) in [6.07, 6.45) is 2.14. The number of hydrogen-bond acceptors (Lipinski definition) is 5. The first-order chi connectivity index (χ1) is 17.7. The van der Waals surface area contributed by atoms with Gasteiger partial charge in [0, 0.05) is 49.1 Å². The van der Waals surface area contributed by atoms with E-state index in [1.807, 2.05) is 0 Å². The molecular formula is C25H23Cl2F2N5O3. The number of amides is 3. The molecule has 1 aromatic heterocycles. The lowest BCUT2D eigenvalue weighted by molar-refractivity contribution is -0.125. The molecule has 3 atom stereocenters. The Kier molecular flexibility index (Phi) is 8.21. The van der Waals surface area contributed by atoms with Crippen LogP contribution in [0.1, 0.15) is 34.7 Å². The number of rotatable bonds is 7. The zero-order chi connectivity index (χ0) is 26.7. The van der Waals surface area contributed by atoms with Gasteiger partial charge < -0.3 is 10.6 Å². The number of carbonyl (C=O) groups is 3. The average Bonchev–Trinajstić information content (AvgIpc) is 3.19. The molecule has 1 fully saturated rings. The van der Waals surface area contributed by atoms with Crippen LogP contribution in [0.5, 0.6) is 0 Å². The van der Waals surface area contributed by atoms with Gasteiger partial charge >= 0.3 is 0 Å². The molecule has 1 aliphatic rings. The highest BCUT2D eigenvalue weighted by Crippen LogP contribution is 2.34. The second kappa shape index (κ2) is 11.4. The number of piperidine rings is 1. The topological polar surface area (TPSA) is 105 Å². The van der Waals surface area contributed by atoms with E-state index in [1.165, 1.54) is 18.3 Å². The molecule has 0 spiro atoms. The molecule has 12 heteroatoms. The summed E-state index contributed by atoms with van der Waals surface area (Å²) < 4.78 is 29.2. The molecule has 3 aromatic rings. The van der Waals surface area contributed by atoms with Gasteiger partial charge in [0.15, 0.2) is 11.6 Å². The van der Waals surface area contributed by atoms with Crippen LogP contribution in [0, 0.1) is 11.6 Å². The van der Waals surface area contributed by atoms with E-state index in [9.17, 15) is 23.2 Å². The number of carbonyl (C=O) groups excluding carboxylic acids is 3. The van der Waals surface area contributed by atoms with Crippen LogP contribution in [0.2, 0.25) is 10.0 Å². The number of aryl methyl sites for hydroxylation is 1. The van der Waals surface area contributed by atoms with Gasteiger partial charge in [0.25, 0.3) is 5.91 Å². The molecule has 1 unspecified atom stereocenters. The maximum atomic E-state index is 14.0. The highest BCUT2D eigenvalue weighted by atomic mass is 35.5. The number of hydrogen-bond donors (Lipinski definition) is 3. The fourth-order valence-electron chi connectivity index (χ4n) is 4.57. The van der Waals surface area contributed by atoms with E-state index in [-0.39, 0.29) is 19.0 Å². The zero-order valence-corrected chi connectivity index (χ0v) is 21.1. The molecule has 0 bridgehead atoms. The quantitative estimate of drug-likeness (QED) is 0.391. The van der Waals surface area contributed by atoms with E-state index in [0.717, 1.165) is 12.1 Å². The van der Waals surface area contributed by atoms with Gasteiger partial charge in [-0.25, -0.2) is 8.78 Å². The van der Waals surface area contributed by atoms with Crippen molar-refractivity contribution < 1.29 is 23.2 Å². The normalized spacial score (nSPS) is 19.3. The Morgan fingerprint density at radius 3 is 2.59 bits per heavy atom. The van der Waals surface area contributed by atoms with E-state index in [4.69, 9.17) is 23.2 Å². The summed E-state index contributed by atoms with van der Waals surface area (Å²) in [6.45, 7) is 0.255. The molecule has 2 heterocycles. The Balaban J connectivity index is 1.55. The van der Waals surface area contributed by atoms with Gasteiger partial charge in [0.2, 0.25) is 12.3 Å². The number of nitrogens with zero attached hydrogens (tertiary/aromatic N) is 2. The largest absolute Gasteiger partial charge is 0.347 e. The lowest BCUT2D eigenvalue weighted by Gasteiger charge is -2.37. The standard InChI is InChI=1S/C25H23Cl2F2N5O3/c1-34-24(19(27)10-32-34)16-4-2-14(6-18(16)26)25(37)33-22-11-30-15(9-23(36)31-12-35)8-17(22)13-3-5-20(28)21(29)7-13/h2-7,10,12,15,17,22,30H,8-9,11H2,1H3,(H,33,37)(H,31,35,36)/t15?,17-,22+/m0/s1. The van der Waals surface area contributed by atoms with Crippen molar-refractivity contribution in [2.45, 2.75) is 30.8 Å². The van der Waals surface area contributed by atoms with Crippen LogP contribution in [0.3, 0.4) is 0 Å². The van der Waals surface area contributed by atoms with Crippen molar-refractivity contribution >= 4 is 41.4 Å². The second-order valence-corrected chi connectivity index (χ2v) is 9.56. The first-order valence-electron chi connectivity index (χ1n) is 11.4. The predicted octanol–water partition coefficient (Wildman–Crippen LogP) is 3.58. The first kappa shape index (κ1) is 26.7. The van der Waals surface area contributed by atoms with Crippen molar-refractivity contribution in [1.29, 1.82) is 0 Å². The summed E-state index contributed by atoms with van der Waals surface area (Å²) in [5, 5.41) is 13.0. The third kappa shape index (κ3) is 5.98. The van der Waals surface area contributed by atoms with Crippen molar-refractivity contribution in [1.82, 2.24) is 25.7 Å². The third-order valence-corrected chi connectivity index (χ3v) is 6.96. The lowest BCUT2D eigenvalue weighted by atomic mass is 9.81. The minimum atomic E-state index is -1.01. The van der Waals surface area contributed by atoms with Crippen LogP contribution in [0.4, 0.5) is 8.78 Å². The van der Waals surface area contributed by atoms with Gasteiger partial charge in [-0.2, -0.15) is 5.10 Å². The van der Waals surface area contributed by atoms with Gasteiger partial charge in [-0.1, -0.05) is 35.3 Å². The number of halogens is 4. The zero-order valence-electron chi connectivity index (χ0n) is 19.6. The summed E-state index contributed by atoms with van der Waals surface area (Å²) in [6, 6.07) is 7.53. The molecule has 0 aliphatic carbocycles.